The smallest absolute Gasteiger partial charge is 0.471 e. The molecule has 0 aromatic carbocycles. The van der Waals surface area contributed by atoms with Gasteiger partial charge >= 0.3 is 36.0 Å². The molecule has 1 amide bonds. The van der Waals surface area contributed by atoms with Crippen molar-refractivity contribution >= 4 is 29.8 Å². The summed E-state index contributed by atoms with van der Waals surface area (Å²) in [7, 11) is 0.983. The van der Waals surface area contributed by atoms with Crippen LogP contribution in [0.25, 0.3) is 0 Å². The van der Waals surface area contributed by atoms with E-state index < -0.39 is 78.7 Å². The molecule has 0 bridgehead atoms. The van der Waals surface area contributed by atoms with E-state index in [0.717, 1.165) is 34.0 Å². The second-order valence-electron chi connectivity index (χ2n) is 6.70. The predicted octanol–water partition coefficient (Wildman–Crippen LogP) is -0.757. The number of ether oxygens (including phenoxy) is 5. The van der Waals surface area contributed by atoms with Crippen LogP contribution in [-0.4, -0.2) is 80.1 Å². The molecule has 1 rings (SSSR count). The molecular weight excluding hydrogens is 461 g/mol. The molecule has 0 aromatic heterocycles. The molecule has 12 nitrogen and oxygen atoms in total. The van der Waals surface area contributed by atoms with Gasteiger partial charge in [0.15, 0.2) is 18.3 Å². The van der Waals surface area contributed by atoms with Gasteiger partial charge in [0.2, 0.25) is 5.76 Å². The Hall–Kier alpha value is -3.36. The van der Waals surface area contributed by atoms with Crippen molar-refractivity contribution in [3.05, 3.63) is 11.8 Å². The van der Waals surface area contributed by atoms with E-state index in [0.29, 0.717) is 0 Å². The zero-order valence-corrected chi connectivity index (χ0v) is 18.0. The summed E-state index contributed by atoms with van der Waals surface area (Å²) in [6.07, 6.45) is -9.64. The summed E-state index contributed by atoms with van der Waals surface area (Å²) in [4.78, 5) is 58.1. The first-order chi connectivity index (χ1) is 15.2. The van der Waals surface area contributed by atoms with Gasteiger partial charge in [-0.25, -0.2) is 4.79 Å². The highest BCUT2D eigenvalue weighted by Gasteiger charge is 2.50. The third-order valence-corrected chi connectivity index (χ3v) is 4.08. The molecule has 0 saturated carbocycles. The Bertz CT molecular complexity index is 814. The Labute approximate surface area is 185 Å². The molecule has 15 heteroatoms. The van der Waals surface area contributed by atoms with Crippen LogP contribution in [0.4, 0.5) is 13.2 Å². The van der Waals surface area contributed by atoms with Crippen LogP contribution in [0.1, 0.15) is 20.8 Å². The van der Waals surface area contributed by atoms with E-state index in [9.17, 15) is 37.1 Å². The molecule has 0 aromatic rings. The van der Waals surface area contributed by atoms with Gasteiger partial charge in [0.05, 0.1) is 19.2 Å². The standard InChI is InChI=1S/C18H23F3N2O10/c1-7(24)30-6-12(31-8(2)25)14(32-9(3)26)15-13(23-17(28)18(19,20)21)10(22)5-11(33-15)16(27)29-4/h5,10,12-15H,6,22H2,1-4H3,(H,23,28)/t10-,12+,13+,14+,15+/m0/s1. The van der Waals surface area contributed by atoms with Crippen molar-refractivity contribution in [1.29, 1.82) is 0 Å². The summed E-state index contributed by atoms with van der Waals surface area (Å²) in [6, 6.07) is -3.22. The largest absolute Gasteiger partial charge is 0.477 e. The second kappa shape index (κ2) is 11.5. The highest BCUT2D eigenvalue weighted by molar-refractivity contribution is 5.87. The third-order valence-electron chi connectivity index (χ3n) is 4.08. The van der Waals surface area contributed by atoms with Crippen molar-refractivity contribution in [2.45, 2.75) is 57.3 Å². The molecule has 33 heavy (non-hydrogen) atoms. The Morgan fingerprint density at radius 3 is 2.12 bits per heavy atom. The fraction of sp³-hybridized carbons (Fsp3) is 0.611. The van der Waals surface area contributed by atoms with E-state index in [-0.39, 0.29) is 0 Å². The summed E-state index contributed by atoms with van der Waals surface area (Å²) < 4.78 is 63.4. The van der Waals surface area contributed by atoms with Crippen LogP contribution < -0.4 is 11.1 Å². The first-order valence-electron chi connectivity index (χ1n) is 9.25. The van der Waals surface area contributed by atoms with E-state index in [1.165, 1.54) is 0 Å². The SMILES string of the molecule is COC(=O)C1=C[C@H](N)[C@@H](NC(=O)C(F)(F)F)[C@H]([C@H](OC(C)=O)[C@@H](COC(C)=O)OC(C)=O)O1. The molecule has 5 atom stereocenters. The number of esters is 4. The molecule has 0 aliphatic carbocycles. The maximum absolute atomic E-state index is 12.9. The highest BCUT2D eigenvalue weighted by Crippen LogP contribution is 2.27. The molecule has 0 spiro atoms. The number of hydrogen-bond acceptors (Lipinski definition) is 11. The van der Waals surface area contributed by atoms with Gasteiger partial charge in [0.1, 0.15) is 6.61 Å². The minimum atomic E-state index is -5.32. The topological polar surface area (TPSA) is 170 Å². The summed E-state index contributed by atoms with van der Waals surface area (Å²) in [5.74, 6) is -6.83. The normalized spacial score (nSPS) is 21.9. The molecule has 0 saturated heterocycles. The lowest BCUT2D eigenvalue weighted by Gasteiger charge is -2.40. The number of rotatable bonds is 8. The quantitative estimate of drug-likeness (QED) is 0.328. The van der Waals surface area contributed by atoms with Gasteiger partial charge in [-0.1, -0.05) is 0 Å². The molecule has 3 N–H and O–H groups in total. The number of nitrogens with two attached hydrogens (primary N) is 1. The lowest BCUT2D eigenvalue weighted by Crippen LogP contribution is -2.64. The average Bonchev–Trinajstić information content (AvgIpc) is 2.68. The van der Waals surface area contributed by atoms with Gasteiger partial charge in [-0.2, -0.15) is 13.2 Å². The number of methoxy groups -OCH3 is 1. The number of alkyl halides is 3. The first-order valence-corrected chi connectivity index (χ1v) is 9.25. The minimum Gasteiger partial charge on any atom is -0.477 e. The Morgan fingerprint density at radius 2 is 1.67 bits per heavy atom. The molecular formula is C18H23F3N2O10. The van der Waals surface area contributed by atoms with E-state index in [1.54, 1.807) is 5.32 Å². The van der Waals surface area contributed by atoms with Crippen LogP contribution >= 0.6 is 0 Å². The first kappa shape index (κ1) is 27.7. The Kier molecular flexibility index (Phi) is 9.63. The van der Waals surface area contributed by atoms with Crippen LogP contribution in [0.15, 0.2) is 11.8 Å². The molecule has 186 valence electrons. The van der Waals surface area contributed by atoms with E-state index in [4.69, 9.17) is 24.7 Å². The van der Waals surface area contributed by atoms with Crippen LogP contribution in [0.3, 0.4) is 0 Å². The molecule has 1 aliphatic heterocycles. The zero-order valence-electron chi connectivity index (χ0n) is 18.0. The Balaban J connectivity index is 3.51. The number of hydrogen-bond donors (Lipinski definition) is 2. The van der Waals surface area contributed by atoms with E-state index in [2.05, 4.69) is 4.74 Å². The highest BCUT2D eigenvalue weighted by atomic mass is 19.4. The number of carbonyl (C=O) groups excluding carboxylic acids is 5. The lowest BCUT2D eigenvalue weighted by atomic mass is 9.92. The van der Waals surface area contributed by atoms with Crippen molar-refractivity contribution in [1.82, 2.24) is 5.32 Å². The van der Waals surface area contributed by atoms with Gasteiger partial charge in [0.25, 0.3) is 0 Å². The summed E-state index contributed by atoms with van der Waals surface area (Å²) in [6.45, 7) is 2.19. The van der Waals surface area contributed by atoms with Crippen molar-refractivity contribution < 1.29 is 60.8 Å². The van der Waals surface area contributed by atoms with Crippen molar-refractivity contribution in [3.63, 3.8) is 0 Å². The third kappa shape index (κ3) is 8.25. The molecule has 1 aliphatic rings. The number of carbonyl (C=O) groups is 5. The van der Waals surface area contributed by atoms with Crippen molar-refractivity contribution in [2.75, 3.05) is 13.7 Å². The van der Waals surface area contributed by atoms with Gasteiger partial charge in [-0.15, -0.1) is 0 Å². The van der Waals surface area contributed by atoms with Crippen LogP contribution in [-0.2, 0) is 47.7 Å². The van der Waals surface area contributed by atoms with Crippen molar-refractivity contribution in [3.8, 4) is 0 Å². The Morgan fingerprint density at radius 1 is 1.09 bits per heavy atom. The average molecular weight is 484 g/mol. The van der Waals surface area contributed by atoms with E-state index >= 15 is 0 Å². The molecule has 0 radical (unpaired) electrons. The van der Waals surface area contributed by atoms with Gasteiger partial charge in [0, 0.05) is 20.8 Å². The maximum Gasteiger partial charge on any atom is 0.471 e. The molecule has 0 unspecified atom stereocenters. The second-order valence-corrected chi connectivity index (χ2v) is 6.70. The minimum absolute atomic E-state index is 0.571. The van der Waals surface area contributed by atoms with Gasteiger partial charge in [-0.3, -0.25) is 19.2 Å². The van der Waals surface area contributed by atoms with Gasteiger partial charge in [-0.05, 0) is 6.08 Å². The summed E-state index contributed by atoms with van der Waals surface area (Å²) in [5.41, 5.74) is 5.86. The molecule has 0 fully saturated rings. The molecule has 1 heterocycles. The number of amides is 1. The van der Waals surface area contributed by atoms with Crippen LogP contribution in [0.2, 0.25) is 0 Å². The lowest BCUT2D eigenvalue weighted by molar-refractivity contribution is -0.190. The summed E-state index contributed by atoms with van der Waals surface area (Å²) >= 11 is 0. The fourth-order valence-electron chi connectivity index (χ4n) is 2.81. The van der Waals surface area contributed by atoms with Crippen molar-refractivity contribution in [2.24, 2.45) is 5.73 Å². The van der Waals surface area contributed by atoms with Crippen LogP contribution in [0.5, 0.6) is 0 Å². The predicted molar refractivity (Wildman–Crippen MR) is 98.7 cm³/mol. The number of halogens is 3. The van der Waals surface area contributed by atoms with E-state index in [1.807, 2.05) is 0 Å². The fourth-order valence-corrected chi connectivity index (χ4v) is 2.81. The summed E-state index contributed by atoms with van der Waals surface area (Å²) in [5, 5.41) is 1.61. The van der Waals surface area contributed by atoms with Crippen LogP contribution in [0, 0.1) is 0 Å². The van der Waals surface area contributed by atoms with Gasteiger partial charge < -0.3 is 34.7 Å². The monoisotopic (exact) mass is 484 g/mol. The number of nitrogens with one attached hydrogen (secondary N) is 1. The maximum atomic E-state index is 12.9. The zero-order chi connectivity index (χ0) is 25.5.